The van der Waals surface area contributed by atoms with Gasteiger partial charge in [-0.15, -0.1) is 0 Å². The minimum Gasteiger partial charge on any atom is -0.508 e. The van der Waals surface area contributed by atoms with Crippen molar-refractivity contribution >= 4 is 17.6 Å². The van der Waals surface area contributed by atoms with Gasteiger partial charge >= 0.3 is 5.97 Å². The normalized spacial score (nSPS) is 35.5. The van der Waals surface area contributed by atoms with Crippen molar-refractivity contribution in [1.29, 1.82) is 0 Å². The number of nitrogens with one attached hydrogen (secondary N) is 1. The van der Waals surface area contributed by atoms with Crippen LogP contribution in [0.1, 0.15) is 71.8 Å². The molecular formula is C33H44N2O6. The van der Waals surface area contributed by atoms with E-state index in [-0.39, 0.29) is 36.2 Å². The molecule has 0 aromatic heterocycles. The molecule has 3 fully saturated rings. The number of amides is 1. The number of allylic oxidation sites excluding steroid dienone is 4. The standard InChI is InChI=1S/C33H44N2O6/c1-5-40-30(38)28(18-21-6-9-24(36)10-7-21)34-29(37)20-41-35-23-12-15-31(2)22(19-23)8-11-25-26(31)13-16-32(3)27(25)14-17-33(32,4)39/h6-7,9-10,12,15,19,25-28,36,39H,5,8,11,13-14,16-18,20H2,1-4H3,(H,34,37). The van der Waals surface area contributed by atoms with E-state index in [1.807, 2.05) is 13.0 Å². The number of hydrogen-bond donors (Lipinski definition) is 3. The number of oxime groups is 1. The first-order valence-corrected chi connectivity index (χ1v) is 15.0. The molecule has 3 saturated carbocycles. The molecule has 0 heterocycles. The second kappa shape index (κ2) is 11.3. The summed E-state index contributed by atoms with van der Waals surface area (Å²) in [7, 11) is 0. The second-order valence-corrected chi connectivity index (χ2v) is 13.0. The van der Waals surface area contributed by atoms with Gasteiger partial charge in [0.25, 0.3) is 5.91 Å². The van der Waals surface area contributed by atoms with Crippen LogP contribution in [0.2, 0.25) is 0 Å². The molecule has 4 aliphatic carbocycles. The van der Waals surface area contributed by atoms with Crippen LogP contribution < -0.4 is 5.32 Å². The van der Waals surface area contributed by atoms with E-state index in [9.17, 15) is 19.8 Å². The van der Waals surface area contributed by atoms with Crippen LogP contribution in [0.5, 0.6) is 5.75 Å². The Balaban J connectivity index is 1.19. The van der Waals surface area contributed by atoms with Crippen LogP contribution in [-0.4, -0.2) is 52.7 Å². The first-order valence-electron chi connectivity index (χ1n) is 15.0. The molecule has 1 aromatic rings. The molecule has 4 aliphatic rings. The van der Waals surface area contributed by atoms with Crippen LogP contribution in [0, 0.1) is 28.6 Å². The summed E-state index contributed by atoms with van der Waals surface area (Å²) in [6, 6.07) is 5.59. The number of ether oxygens (including phenoxy) is 1. The SMILES string of the molecule is CCOC(=O)C(Cc1ccc(O)cc1)NC(=O)CON=C1C=CC2(C)C(=C1)CCC1C2CCC2(C)C1CCC2(C)O. The van der Waals surface area contributed by atoms with Crippen molar-refractivity contribution in [1.82, 2.24) is 5.32 Å². The van der Waals surface area contributed by atoms with Crippen LogP contribution in [0.4, 0.5) is 0 Å². The van der Waals surface area contributed by atoms with Crippen LogP contribution in [0.15, 0.2) is 53.2 Å². The molecule has 7 unspecified atom stereocenters. The summed E-state index contributed by atoms with van der Waals surface area (Å²) in [5, 5.41) is 27.6. The largest absolute Gasteiger partial charge is 0.508 e. The Morgan fingerprint density at radius 2 is 1.83 bits per heavy atom. The maximum Gasteiger partial charge on any atom is 0.328 e. The zero-order valence-electron chi connectivity index (χ0n) is 24.7. The Morgan fingerprint density at radius 1 is 1.10 bits per heavy atom. The van der Waals surface area contributed by atoms with Gasteiger partial charge < -0.3 is 25.1 Å². The summed E-state index contributed by atoms with van der Waals surface area (Å²) in [6.45, 7) is 8.29. The number of phenolic OH excluding ortho intramolecular Hbond substituents is 1. The smallest absolute Gasteiger partial charge is 0.328 e. The fourth-order valence-corrected chi connectivity index (χ4v) is 8.21. The number of aliphatic hydroxyl groups is 1. The van der Waals surface area contributed by atoms with Gasteiger partial charge in [-0.1, -0.05) is 42.8 Å². The van der Waals surface area contributed by atoms with Crippen molar-refractivity contribution in [3.8, 4) is 5.75 Å². The van der Waals surface area contributed by atoms with Crippen molar-refractivity contribution in [2.24, 2.45) is 33.7 Å². The van der Waals surface area contributed by atoms with E-state index < -0.39 is 23.5 Å². The molecule has 3 N–H and O–H groups in total. The van der Waals surface area contributed by atoms with Crippen molar-refractivity contribution in [2.75, 3.05) is 13.2 Å². The van der Waals surface area contributed by atoms with Crippen LogP contribution in [0.3, 0.4) is 0 Å². The number of phenols is 1. The monoisotopic (exact) mass is 564 g/mol. The molecule has 0 saturated heterocycles. The molecule has 8 heteroatoms. The molecule has 41 heavy (non-hydrogen) atoms. The van der Waals surface area contributed by atoms with E-state index in [1.165, 1.54) is 17.7 Å². The Bertz CT molecular complexity index is 1250. The number of carbonyl (C=O) groups is 2. The fraction of sp³-hybridized carbons (Fsp3) is 0.606. The molecule has 1 aromatic carbocycles. The molecule has 222 valence electrons. The number of esters is 1. The summed E-state index contributed by atoms with van der Waals surface area (Å²) in [5.41, 5.74) is 2.21. The molecular weight excluding hydrogens is 520 g/mol. The van der Waals surface area contributed by atoms with E-state index in [0.29, 0.717) is 23.5 Å². The number of rotatable bonds is 8. The number of benzene rings is 1. The van der Waals surface area contributed by atoms with E-state index in [1.54, 1.807) is 19.1 Å². The van der Waals surface area contributed by atoms with Crippen LogP contribution in [-0.2, 0) is 25.6 Å². The number of nitrogens with zero attached hydrogens (tertiary/aromatic N) is 1. The van der Waals surface area contributed by atoms with Gasteiger partial charge in [0.2, 0.25) is 0 Å². The Kier molecular flexibility index (Phi) is 8.07. The molecule has 1 amide bonds. The summed E-state index contributed by atoms with van der Waals surface area (Å²) in [6.07, 6.45) is 12.9. The van der Waals surface area contributed by atoms with Crippen LogP contribution in [0.25, 0.3) is 0 Å². The van der Waals surface area contributed by atoms with Gasteiger partial charge in [0.1, 0.15) is 17.5 Å². The molecule has 7 atom stereocenters. The van der Waals surface area contributed by atoms with Gasteiger partial charge in [-0.25, -0.2) is 4.79 Å². The van der Waals surface area contributed by atoms with Gasteiger partial charge in [0.15, 0.2) is 6.61 Å². The predicted molar refractivity (Wildman–Crippen MR) is 156 cm³/mol. The third kappa shape index (κ3) is 5.55. The zero-order chi connectivity index (χ0) is 29.4. The maximum atomic E-state index is 12.6. The number of aromatic hydroxyl groups is 1. The summed E-state index contributed by atoms with van der Waals surface area (Å²) in [4.78, 5) is 30.5. The van der Waals surface area contributed by atoms with Gasteiger partial charge in [-0.2, -0.15) is 0 Å². The Morgan fingerprint density at radius 3 is 2.56 bits per heavy atom. The fourth-order valence-electron chi connectivity index (χ4n) is 8.21. The maximum absolute atomic E-state index is 12.6. The lowest BCUT2D eigenvalue weighted by Crippen LogP contribution is -2.53. The first kappa shape index (κ1) is 29.4. The second-order valence-electron chi connectivity index (χ2n) is 13.0. The molecule has 0 radical (unpaired) electrons. The molecule has 5 rings (SSSR count). The summed E-state index contributed by atoms with van der Waals surface area (Å²) < 4.78 is 5.14. The molecule has 0 aliphatic heterocycles. The lowest BCUT2D eigenvalue weighted by Gasteiger charge is -2.58. The molecule has 8 nitrogen and oxygen atoms in total. The topological polar surface area (TPSA) is 117 Å². The van der Waals surface area contributed by atoms with Gasteiger partial charge in [0, 0.05) is 11.8 Å². The highest BCUT2D eigenvalue weighted by atomic mass is 16.6. The quantitative estimate of drug-likeness (QED) is 0.307. The van der Waals surface area contributed by atoms with Crippen molar-refractivity contribution in [3.63, 3.8) is 0 Å². The Labute approximate surface area is 242 Å². The number of hydrogen-bond acceptors (Lipinski definition) is 7. The van der Waals surface area contributed by atoms with Gasteiger partial charge in [-0.3, -0.25) is 4.79 Å². The minimum absolute atomic E-state index is 0.00149. The highest BCUT2D eigenvalue weighted by Gasteiger charge is 2.62. The van der Waals surface area contributed by atoms with Crippen molar-refractivity contribution < 1.29 is 29.4 Å². The first-order chi connectivity index (χ1) is 19.5. The zero-order valence-corrected chi connectivity index (χ0v) is 24.7. The lowest BCUT2D eigenvalue weighted by molar-refractivity contribution is -0.147. The van der Waals surface area contributed by atoms with Gasteiger partial charge in [-0.05, 0) is 105 Å². The van der Waals surface area contributed by atoms with Gasteiger partial charge in [0.05, 0.1) is 12.2 Å². The summed E-state index contributed by atoms with van der Waals surface area (Å²) >= 11 is 0. The summed E-state index contributed by atoms with van der Waals surface area (Å²) in [5.74, 6) is 0.852. The minimum atomic E-state index is -0.878. The van der Waals surface area contributed by atoms with Crippen molar-refractivity contribution in [2.45, 2.75) is 84.3 Å². The van der Waals surface area contributed by atoms with E-state index in [2.05, 4.69) is 36.5 Å². The third-order valence-corrected chi connectivity index (χ3v) is 10.8. The molecule has 0 bridgehead atoms. The number of carbonyl (C=O) groups excluding carboxylic acids is 2. The predicted octanol–water partition coefficient (Wildman–Crippen LogP) is 4.85. The van der Waals surface area contributed by atoms with Crippen molar-refractivity contribution in [3.05, 3.63) is 53.6 Å². The lowest BCUT2D eigenvalue weighted by atomic mass is 9.47. The molecule has 0 spiro atoms. The highest BCUT2D eigenvalue weighted by Crippen LogP contribution is 2.66. The van der Waals surface area contributed by atoms with E-state index >= 15 is 0 Å². The highest BCUT2D eigenvalue weighted by molar-refractivity contribution is 6.05. The average molecular weight is 565 g/mol. The third-order valence-electron chi connectivity index (χ3n) is 10.8. The number of fused-ring (bicyclic) bond motifs is 5. The van der Waals surface area contributed by atoms with E-state index in [0.717, 1.165) is 44.1 Å². The van der Waals surface area contributed by atoms with E-state index in [4.69, 9.17) is 9.57 Å². The van der Waals surface area contributed by atoms with Crippen LogP contribution >= 0.6 is 0 Å². The average Bonchev–Trinajstić information content (AvgIpc) is 3.18. The Hall–Kier alpha value is -3.13.